The molecule has 0 aliphatic carbocycles. The van der Waals surface area contributed by atoms with Crippen molar-refractivity contribution >= 4 is 21.6 Å². The maximum absolute atomic E-state index is 10.7. The average Bonchev–Trinajstić information content (AvgIpc) is 2.47. The van der Waals surface area contributed by atoms with E-state index < -0.39 is 4.92 Å². The van der Waals surface area contributed by atoms with Crippen molar-refractivity contribution in [1.29, 1.82) is 0 Å². The van der Waals surface area contributed by atoms with E-state index >= 15 is 0 Å². The zero-order chi connectivity index (χ0) is 15.2. The maximum Gasteiger partial charge on any atom is 0.273 e. The summed E-state index contributed by atoms with van der Waals surface area (Å²) >= 11 is 3.35. The van der Waals surface area contributed by atoms with E-state index in [2.05, 4.69) is 15.9 Å². The lowest BCUT2D eigenvalue weighted by molar-refractivity contribution is -0.384. The van der Waals surface area contributed by atoms with Crippen molar-refractivity contribution < 1.29 is 14.4 Å². The van der Waals surface area contributed by atoms with Crippen LogP contribution in [0.4, 0.5) is 5.69 Å². The number of nitro groups is 1. The van der Waals surface area contributed by atoms with Crippen molar-refractivity contribution in [1.82, 2.24) is 0 Å². The van der Waals surface area contributed by atoms with Crippen molar-refractivity contribution in [2.24, 2.45) is 0 Å². The van der Waals surface area contributed by atoms with Gasteiger partial charge in [-0.2, -0.15) is 0 Å². The molecule has 6 heteroatoms. The smallest absolute Gasteiger partial charge is 0.273 e. The van der Waals surface area contributed by atoms with Crippen LogP contribution in [0, 0.1) is 17.0 Å². The minimum absolute atomic E-state index is 0.0180. The molecule has 2 aromatic rings. The number of ether oxygens (including phenoxy) is 2. The molecule has 0 fully saturated rings. The summed E-state index contributed by atoms with van der Waals surface area (Å²) in [5, 5.41) is 10.7. The molecule has 0 spiro atoms. The van der Waals surface area contributed by atoms with E-state index in [4.69, 9.17) is 9.47 Å². The Morgan fingerprint density at radius 1 is 1.10 bits per heavy atom. The summed E-state index contributed by atoms with van der Waals surface area (Å²) in [6.45, 7) is 2.52. The third-order valence-electron chi connectivity index (χ3n) is 2.81. The molecule has 2 aromatic carbocycles. The summed E-state index contributed by atoms with van der Waals surface area (Å²) in [6, 6.07) is 12.0. The number of halogens is 1. The molecule has 21 heavy (non-hydrogen) atoms. The maximum atomic E-state index is 10.7. The van der Waals surface area contributed by atoms with E-state index in [0.29, 0.717) is 19.0 Å². The Labute approximate surface area is 130 Å². The summed E-state index contributed by atoms with van der Waals surface area (Å²) in [4.78, 5) is 10.3. The molecule has 2 rings (SSSR count). The van der Waals surface area contributed by atoms with Crippen molar-refractivity contribution in [3.8, 4) is 11.5 Å². The predicted octanol–water partition coefficient (Wildman–Crippen LogP) is 4.12. The fourth-order valence-corrected chi connectivity index (χ4v) is 1.96. The SMILES string of the molecule is Cc1ccc([N+](=O)[O-])cc1OCCOc1ccc(Br)cc1. The van der Waals surface area contributed by atoms with Gasteiger partial charge in [0.1, 0.15) is 24.7 Å². The molecule has 0 saturated heterocycles. The lowest BCUT2D eigenvalue weighted by atomic mass is 10.2. The molecule has 0 heterocycles. The fourth-order valence-electron chi connectivity index (χ4n) is 1.70. The molecule has 0 radical (unpaired) electrons. The minimum atomic E-state index is -0.440. The van der Waals surface area contributed by atoms with Gasteiger partial charge in [-0.3, -0.25) is 10.1 Å². The van der Waals surface area contributed by atoms with Gasteiger partial charge in [-0.25, -0.2) is 0 Å². The number of aryl methyl sites for hydroxylation is 1. The molecule has 0 saturated carbocycles. The van der Waals surface area contributed by atoms with Crippen LogP contribution < -0.4 is 9.47 Å². The Balaban J connectivity index is 1.87. The third-order valence-corrected chi connectivity index (χ3v) is 3.33. The molecule has 0 amide bonds. The van der Waals surface area contributed by atoms with Crippen molar-refractivity contribution in [2.75, 3.05) is 13.2 Å². The summed E-state index contributed by atoms with van der Waals surface area (Å²) in [5.74, 6) is 1.25. The van der Waals surface area contributed by atoms with Crippen molar-refractivity contribution in [3.63, 3.8) is 0 Å². The van der Waals surface area contributed by atoms with Gasteiger partial charge in [-0.05, 0) is 42.8 Å². The Morgan fingerprint density at radius 3 is 2.43 bits per heavy atom. The van der Waals surface area contributed by atoms with Crippen LogP contribution in [0.5, 0.6) is 11.5 Å². The highest BCUT2D eigenvalue weighted by Gasteiger charge is 2.09. The Bertz CT molecular complexity index is 628. The van der Waals surface area contributed by atoms with Gasteiger partial charge in [0.2, 0.25) is 0 Å². The number of hydrogen-bond donors (Lipinski definition) is 0. The Morgan fingerprint density at radius 2 is 1.76 bits per heavy atom. The van der Waals surface area contributed by atoms with Gasteiger partial charge in [0.15, 0.2) is 0 Å². The first-order valence-electron chi connectivity index (χ1n) is 6.32. The molecule has 0 unspecified atom stereocenters. The molecule has 0 atom stereocenters. The van der Waals surface area contributed by atoms with Crippen LogP contribution in [-0.2, 0) is 0 Å². The van der Waals surface area contributed by atoms with E-state index in [-0.39, 0.29) is 5.69 Å². The van der Waals surface area contributed by atoms with Crippen LogP contribution in [-0.4, -0.2) is 18.1 Å². The second-order valence-electron chi connectivity index (χ2n) is 4.36. The molecular formula is C15H14BrNO4. The Kier molecular flexibility index (Phi) is 5.16. The quantitative estimate of drug-likeness (QED) is 0.446. The number of benzene rings is 2. The fraction of sp³-hybridized carbons (Fsp3) is 0.200. The average molecular weight is 352 g/mol. The molecule has 0 aliphatic rings. The molecule has 0 aromatic heterocycles. The molecule has 5 nitrogen and oxygen atoms in total. The number of non-ortho nitro benzene ring substituents is 1. The molecular weight excluding hydrogens is 338 g/mol. The first kappa shape index (κ1) is 15.3. The summed E-state index contributed by atoms with van der Waals surface area (Å²) in [7, 11) is 0. The number of nitro benzene ring substituents is 1. The largest absolute Gasteiger partial charge is 0.490 e. The summed E-state index contributed by atoms with van der Waals surface area (Å²) in [5.41, 5.74) is 0.869. The van der Waals surface area contributed by atoms with E-state index in [1.165, 1.54) is 12.1 Å². The van der Waals surface area contributed by atoms with Crippen molar-refractivity contribution in [2.45, 2.75) is 6.92 Å². The monoisotopic (exact) mass is 351 g/mol. The van der Waals surface area contributed by atoms with E-state index in [9.17, 15) is 10.1 Å². The highest BCUT2D eigenvalue weighted by atomic mass is 79.9. The minimum Gasteiger partial charge on any atom is -0.490 e. The van der Waals surface area contributed by atoms with E-state index in [1.807, 2.05) is 31.2 Å². The van der Waals surface area contributed by atoms with Crippen LogP contribution in [0.2, 0.25) is 0 Å². The van der Waals surface area contributed by atoms with Gasteiger partial charge in [0.05, 0.1) is 11.0 Å². The van der Waals surface area contributed by atoms with Crippen LogP contribution in [0.25, 0.3) is 0 Å². The van der Waals surface area contributed by atoms with Gasteiger partial charge in [0.25, 0.3) is 5.69 Å². The zero-order valence-corrected chi connectivity index (χ0v) is 13.0. The predicted molar refractivity (Wildman–Crippen MR) is 83.0 cm³/mol. The second kappa shape index (κ2) is 7.08. The third kappa shape index (κ3) is 4.46. The van der Waals surface area contributed by atoms with E-state index in [1.54, 1.807) is 6.07 Å². The highest BCUT2D eigenvalue weighted by molar-refractivity contribution is 9.10. The lowest BCUT2D eigenvalue weighted by Gasteiger charge is -2.10. The topological polar surface area (TPSA) is 61.6 Å². The summed E-state index contributed by atoms with van der Waals surface area (Å²) < 4.78 is 12.0. The Hall–Kier alpha value is -2.08. The van der Waals surface area contributed by atoms with Gasteiger partial charge in [0, 0.05) is 10.5 Å². The molecule has 0 bridgehead atoms. The van der Waals surface area contributed by atoms with Crippen LogP contribution in [0.3, 0.4) is 0 Å². The van der Waals surface area contributed by atoms with E-state index in [0.717, 1.165) is 15.8 Å². The molecule has 110 valence electrons. The van der Waals surface area contributed by atoms with Crippen LogP contribution in [0.15, 0.2) is 46.9 Å². The van der Waals surface area contributed by atoms with Crippen LogP contribution in [0.1, 0.15) is 5.56 Å². The number of hydrogen-bond acceptors (Lipinski definition) is 4. The normalized spacial score (nSPS) is 10.2. The standard InChI is InChI=1S/C15H14BrNO4/c1-11-2-5-13(17(18)19)10-15(11)21-9-8-20-14-6-3-12(16)4-7-14/h2-7,10H,8-9H2,1H3. The van der Waals surface area contributed by atoms with Gasteiger partial charge in [-0.15, -0.1) is 0 Å². The van der Waals surface area contributed by atoms with Gasteiger partial charge >= 0.3 is 0 Å². The molecule has 0 N–H and O–H groups in total. The highest BCUT2D eigenvalue weighted by Crippen LogP contribution is 2.24. The summed E-state index contributed by atoms with van der Waals surface area (Å²) in [6.07, 6.45) is 0. The number of nitrogens with zero attached hydrogens (tertiary/aromatic N) is 1. The van der Waals surface area contributed by atoms with Gasteiger partial charge < -0.3 is 9.47 Å². The first-order chi connectivity index (χ1) is 10.1. The number of rotatable bonds is 6. The second-order valence-corrected chi connectivity index (χ2v) is 5.27. The zero-order valence-electron chi connectivity index (χ0n) is 11.4. The lowest BCUT2D eigenvalue weighted by Crippen LogP contribution is -2.09. The molecule has 0 aliphatic heterocycles. The van der Waals surface area contributed by atoms with Crippen molar-refractivity contribution in [3.05, 3.63) is 62.6 Å². The van der Waals surface area contributed by atoms with Gasteiger partial charge in [-0.1, -0.05) is 15.9 Å². The first-order valence-corrected chi connectivity index (χ1v) is 7.12. The van der Waals surface area contributed by atoms with Crippen LogP contribution >= 0.6 is 15.9 Å².